The molecule has 44 heavy (non-hydrogen) atoms. The van der Waals surface area contributed by atoms with Gasteiger partial charge in [-0.15, -0.1) is 0 Å². The van der Waals surface area contributed by atoms with E-state index >= 15 is 8.78 Å². The Bertz CT molecular complexity index is 1650. The van der Waals surface area contributed by atoms with Crippen molar-refractivity contribution in [2.24, 2.45) is 11.7 Å². The molecular weight excluding hydrogens is 568 g/mol. The van der Waals surface area contributed by atoms with Crippen molar-refractivity contribution in [1.29, 1.82) is 5.26 Å². The average Bonchev–Trinajstić information content (AvgIpc) is 3.40. The number of nitrogens with zero attached hydrogens (tertiary/aromatic N) is 5. The second-order valence-corrected chi connectivity index (χ2v) is 11.7. The third-order valence-corrected chi connectivity index (χ3v) is 8.80. The van der Waals surface area contributed by atoms with Crippen molar-refractivity contribution in [3.05, 3.63) is 71.7 Å². The number of nitrogens with two attached hydrogens (primary N) is 1. The van der Waals surface area contributed by atoms with Crippen LogP contribution in [0.15, 0.2) is 48.9 Å². The Hall–Kier alpha value is -4.02. The molecule has 1 aromatic carbocycles. The summed E-state index contributed by atoms with van der Waals surface area (Å²) in [7, 11) is 0. The molecule has 0 radical (unpaired) electrons. The number of ether oxygens (including phenoxy) is 2. The Balaban J connectivity index is 1.27. The van der Waals surface area contributed by atoms with Crippen LogP contribution >= 0.6 is 0 Å². The maximum atomic E-state index is 15.4. The molecular formula is C32H35F2N7O3. The molecule has 1 saturated carbocycles. The zero-order chi connectivity index (χ0) is 30.8. The lowest BCUT2D eigenvalue weighted by Crippen LogP contribution is -2.46. The third-order valence-electron chi connectivity index (χ3n) is 8.80. The van der Waals surface area contributed by atoms with Crippen molar-refractivity contribution in [1.82, 2.24) is 19.6 Å². The number of hydrogen-bond acceptors (Lipinski definition) is 9. The number of imidazole rings is 1. The van der Waals surface area contributed by atoms with E-state index in [0.717, 1.165) is 17.7 Å². The number of nitriles is 1. The number of nitrogens with one attached hydrogen (secondary N) is 1. The van der Waals surface area contributed by atoms with Crippen LogP contribution in [0.1, 0.15) is 56.1 Å². The van der Waals surface area contributed by atoms with Gasteiger partial charge in [-0.05, 0) is 66.1 Å². The van der Waals surface area contributed by atoms with Crippen LogP contribution in [0.3, 0.4) is 0 Å². The fraction of sp³-hybridized carbons (Fsp3) is 0.438. The highest BCUT2D eigenvalue weighted by atomic mass is 19.1. The van der Waals surface area contributed by atoms with Crippen LogP contribution in [0, 0.1) is 28.9 Å². The summed E-state index contributed by atoms with van der Waals surface area (Å²) in [5.41, 5.74) is 7.56. The number of rotatable bonds is 8. The van der Waals surface area contributed by atoms with Gasteiger partial charge in [0.25, 0.3) is 0 Å². The van der Waals surface area contributed by atoms with Crippen LogP contribution < -0.4 is 11.1 Å². The van der Waals surface area contributed by atoms with E-state index in [1.54, 1.807) is 30.7 Å². The first-order chi connectivity index (χ1) is 21.3. The average molecular weight is 604 g/mol. The predicted molar refractivity (Wildman–Crippen MR) is 159 cm³/mol. The summed E-state index contributed by atoms with van der Waals surface area (Å²) in [6, 6.07) is 9.46. The molecule has 3 aromatic heterocycles. The van der Waals surface area contributed by atoms with Gasteiger partial charge in [0, 0.05) is 38.3 Å². The molecule has 1 aliphatic carbocycles. The fourth-order valence-corrected chi connectivity index (χ4v) is 6.52. The zero-order valence-corrected chi connectivity index (χ0v) is 24.4. The van der Waals surface area contributed by atoms with E-state index in [0.29, 0.717) is 44.1 Å². The lowest BCUT2D eigenvalue weighted by Gasteiger charge is -2.39. The second kappa shape index (κ2) is 12.5. The number of anilines is 2. The number of pyridine rings is 1. The lowest BCUT2D eigenvalue weighted by molar-refractivity contribution is -0.0682. The van der Waals surface area contributed by atoms with Gasteiger partial charge >= 0.3 is 0 Å². The molecule has 0 spiro atoms. The van der Waals surface area contributed by atoms with Crippen molar-refractivity contribution < 1.29 is 23.4 Å². The number of halogens is 2. The SMILES string of the molecule is CC1CC(c2ccncc2Nc2ncc3ccc(-c4c(F)cc(C5(O)CCOCC5)cc4F)nn23)CC(N)C1OCCC#N. The summed E-state index contributed by atoms with van der Waals surface area (Å²) in [6.45, 7) is 3.11. The van der Waals surface area contributed by atoms with Gasteiger partial charge in [0.1, 0.15) is 11.6 Å². The predicted octanol–water partition coefficient (Wildman–Crippen LogP) is 4.95. The van der Waals surface area contributed by atoms with Crippen LogP contribution in [-0.4, -0.2) is 56.7 Å². The van der Waals surface area contributed by atoms with E-state index in [-0.39, 0.29) is 53.6 Å². The second-order valence-electron chi connectivity index (χ2n) is 11.7. The number of aliphatic hydroxyl groups is 1. The Labute approximate surface area is 253 Å². The Morgan fingerprint density at radius 1 is 1.18 bits per heavy atom. The standard InChI is InChI=1S/C32H35F2N7O3/c1-19-13-20(14-26(36)30(19)44-10-2-8-35)23-5-9-37-18-28(23)39-31-38-17-22-3-4-27(40-41(22)31)29-24(33)15-21(16-25(29)34)32(42)6-11-43-12-7-32/h3-5,9,15-20,26,30,42H,2,6-7,10-14,36H2,1H3,(H,38,39). The molecule has 6 rings (SSSR count). The van der Waals surface area contributed by atoms with Gasteiger partial charge in [-0.1, -0.05) is 6.92 Å². The maximum Gasteiger partial charge on any atom is 0.229 e. The minimum atomic E-state index is -1.34. The number of fused-ring (bicyclic) bond motifs is 1. The highest BCUT2D eigenvalue weighted by Crippen LogP contribution is 2.40. The summed E-state index contributed by atoms with van der Waals surface area (Å²) in [4.78, 5) is 8.79. The van der Waals surface area contributed by atoms with E-state index in [1.807, 2.05) is 6.07 Å². The fourth-order valence-electron chi connectivity index (χ4n) is 6.52. The number of benzene rings is 1. The molecule has 10 nitrogen and oxygen atoms in total. The topological polar surface area (TPSA) is 144 Å². The van der Waals surface area contributed by atoms with Gasteiger partial charge < -0.3 is 25.6 Å². The summed E-state index contributed by atoms with van der Waals surface area (Å²) in [5, 5.41) is 27.7. The monoisotopic (exact) mass is 603 g/mol. The zero-order valence-electron chi connectivity index (χ0n) is 24.4. The van der Waals surface area contributed by atoms with Crippen LogP contribution in [-0.2, 0) is 15.1 Å². The molecule has 0 bridgehead atoms. The molecule has 4 aromatic rings. The van der Waals surface area contributed by atoms with Crippen molar-refractivity contribution in [3.8, 4) is 17.3 Å². The highest BCUT2D eigenvalue weighted by molar-refractivity contribution is 5.66. The van der Waals surface area contributed by atoms with Gasteiger partial charge in [0.2, 0.25) is 5.95 Å². The van der Waals surface area contributed by atoms with Crippen LogP contribution in [0.4, 0.5) is 20.4 Å². The van der Waals surface area contributed by atoms with Gasteiger partial charge in [-0.25, -0.2) is 13.8 Å². The normalized spacial score (nSPS) is 23.4. The molecule has 4 atom stereocenters. The third kappa shape index (κ3) is 5.88. The Morgan fingerprint density at radius 3 is 2.68 bits per heavy atom. The summed E-state index contributed by atoms with van der Waals surface area (Å²) < 4.78 is 43.6. The van der Waals surface area contributed by atoms with E-state index in [1.165, 1.54) is 16.6 Å². The highest BCUT2D eigenvalue weighted by Gasteiger charge is 2.36. The van der Waals surface area contributed by atoms with Crippen molar-refractivity contribution in [2.75, 3.05) is 25.1 Å². The van der Waals surface area contributed by atoms with Crippen LogP contribution in [0.2, 0.25) is 0 Å². The van der Waals surface area contributed by atoms with E-state index in [2.05, 4.69) is 33.4 Å². The van der Waals surface area contributed by atoms with E-state index in [9.17, 15) is 5.11 Å². The first-order valence-corrected chi connectivity index (χ1v) is 14.9. The molecule has 230 valence electrons. The minimum Gasteiger partial charge on any atom is -0.385 e. The smallest absolute Gasteiger partial charge is 0.229 e. The van der Waals surface area contributed by atoms with Gasteiger partial charge in [-0.3, -0.25) is 4.98 Å². The Morgan fingerprint density at radius 2 is 1.95 bits per heavy atom. The number of hydrogen-bond donors (Lipinski definition) is 3. The van der Waals surface area contributed by atoms with Crippen molar-refractivity contribution >= 4 is 17.2 Å². The largest absolute Gasteiger partial charge is 0.385 e. The van der Waals surface area contributed by atoms with Crippen molar-refractivity contribution in [2.45, 2.75) is 62.7 Å². The molecule has 12 heteroatoms. The quantitative estimate of drug-likeness (QED) is 0.238. The summed E-state index contributed by atoms with van der Waals surface area (Å²) >= 11 is 0. The van der Waals surface area contributed by atoms with Crippen molar-refractivity contribution in [3.63, 3.8) is 0 Å². The Kier molecular flexibility index (Phi) is 8.55. The first kappa shape index (κ1) is 30.0. The van der Waals surface area contributed by atoms with Crippen LogP contribution in [0.5, 0.6) is 0 Å². The van der Waals surface area contributed by atoms with Gasteiger partial charge in [0.15, 0.2) is 0 Å². The molecule has 2 fully saturated rings. The molecule has 2 aliphatic rings. The van der Waals surface area contributed by atoms with Crippen LogP contribution in [0.25, 0.3) is 16.8 Å². The first-order valence-electron chi connectivity index (χ1n) is 14.9. The molecule has 4 heterocycles. The molecule has 1 aliphatic heterocycles. The van der Waals surface area contributed by atoms with E-state index < -0.39 is 17.2 Å². The van der Waals surface area contributed by atoms with E-state index in [4.69, 9.17) is 20.5 Å². The van der Waals surface area contributed by atoms with Gasteiger partial charge in [-0.2, -0.15) is 14.9 Å². The number of aromatic nitrogens is 4. The maximum absolute atomic E-state index is 15.4. The minimum absolute atomic E-state index is 0.0833. The molecule has 4 unspecified atom stereocenters. The lowest BCUT2D eigenvalue weighted by atomic mass is 9.74. The summed E-state index contributed by atoms with van der Waals surface area (Å²) in [5.74, 6) is -0.954. The molecule has 1 saturated heterocycles. The van der Waals surface area contributed by atoms with Gasteiger partial charge in [0.05, 0.1) is 65.7 Å². The summed E-state index contributed by atoms with van der Waals surface area (Å²) in [6.07, 6.45) is 7.33. The molecule has 0 amide bonds. The molecule has 4 N–H and O–H groups in total.